The van der Waals surface area contributed by atoms with Crippen molar-refractivity contribution in [1.82, 2.24) is 0 Å². The van der Waals surface area contributed by atoms with Crippen LogP contribution in [0.25, 0.3) is 11.6 Å². The summed E-state index contributed by atoms with van der Waals surface area (Å²) in [6, 6.07) is 19.2. The van der Waals surface area contributed by atoms with Crippen molar-refractivity contribution >= 4 is 53.6 Å². The summed E-state index contributed by atoms with van der Waals surface area (Å²) in [4.78, 5) is 0.0398. The highest BCUT2D eigenvalue weighted by Crippen LogP contribution is 2.39. The van der Waals surface area contributed by atoms with Gasteiger partial charge in [0.05, 0.1) is 23.2 Å². The monoisotopic (exact) mass is 561 g/mol. The van der Waals surface area contributed by atoms with Crippen LogP contribution < -0.4 is 8.92 Å². The minimum atomic E-state index is -4.06. The summed E-state index contributed by atoms with van der Waals surface area (Å²) in [7, 11) is -2.64. The average Bonchev–Trinajstić information content (AvgIpc) is 2.74. The first kappa shape index (κ1) is 23.1. The van der Waals surface area contributed by atoms with Gasteiger partial charge in [0.2, 0.25) is 0 Å². The Labute approximate surface area is 198 Å². The molecular formula is C23H17Br2NO4S. The molecule has 0 saturated heterocycles. The fourth-order valence-electron chi connectivity index (χ4n) is 2.74. The molecule has 0 amide bonds. The Hall–Kier alpha value is -2.60. The summed E-state index contributed by atoms with van der Waals surface area (Å²) in [6.45, 7) is 1.87. The molecule has 0 unspecified atom stereocenters. The van der Waals surface area contributed by atoms with Gasteiger partial charge in [0.1, 0.15) is 4.90 Å². The van der Waals surface area contributed by atoms with Gasteiger partial charge in [-0.05, 0) is 76.5 Å². The third-order valence-electron chi connectivity index (χ3n) is 4.34. The molecule has 0 fully saturated rings. The van der Waals surface area contributed by atoms with Crippen molar-refractivity contribution in [3.05, 3.63) is 86.3 Å². The number of allylic oxidation sites excluding steroid dienone is 1. The maximum absolute atomic E-state index is 12.7. The summed E-state index contributed by atoms with van der Waals surface area (Å²) in [5.41, 5.74) is 2.78. The number of halogens is 2. The van der Waals surface area contributed by atoms with Crippen LogP contribution in [0.15, 0.2) is 74.5 Å². The number of nitriles is 1. The van der Waals surface area contributed by atoms with Crippen molar-refractivity contribution in [2.75, 3.05) is 7.11 Å². The molecule has 8 heteroatoms. The second-order valence-electron chi connectivity index (χ2n) is 6.56. The number of hydrogen-bond acceptors (Lipinski definition) is 5. The Kier molecular flexibility index (Phi) is 7.21. The molecule has 0 bridgehead atoms. The molecule has 0 spiro atoms. The maximum atomic E-state index is 12.7. The third kappa shape index (κ3) is 5.56. The zero-order chi connectivity index (χ0) is 22.6. The SMILES string of the molecule is COc1cc(/C=C(\C#N)c2ccc(Br)cc2)cc(Br)c1OS(=O)(=O)c1ccc(C)cc1. The summed E-state index contributed by atoms with van der Waals surface area (Å²) < 4.78 is 37.4. The predicted octanol–water partition coefficient (Wildman–Crippen LogP) is 6.36. The quantitative estimate of drug-likeness (QED) is 0.198. The second kappa shape index (κ2) is 9.69. The van der Waals surface area contributed by atoms with Gasteiger partial charge in [-0.3, -0.25) is 0 Å². The van der Waals surface area contributed by atoms with Crippen molar-refractivity contribution in [3.63, 3.8) is 0 Å². The molecule has 0 radical (unpaired) electrons. The molecule has 158 valence electrons. The van der Waals surface area contributed by atoms with Crippen LogP contribution in [0.1, 0.15) is 16.7 Å². The summed E-state index contributed by atoms with van der Waals surface area (Å²) >= 11 is 6.74. The van der Waals surface area contributed by atoms with E-state index in [1.165, 1.54) is 19.2 Å². The Morgan fingerprint density at radius 2 is 1.68 bits per heavy atom. The number of ether oxygens (including phenoxy) is 1. The van der Waals surface area contributed by atoms with Crippen LogP contribution in [0.3, 0.4) is 0 Å². The Balaban J connectivity index is 1.99. The van der Waals surface area contributed by atoms with E-state index >= 15 is 0 Å². The lowest BCUT2D eigenvalue weighted by molar-refractivity contribution is 0.389. The van der Waals surface area contributed by atoms with Crippen LogP contribution >= 0.6 is 31.9 Å². The zero-order valence-electron chi connectivity index (χ0n) is 16.6. The lowest BCUT2D eigenvalue weighted by Crippen LogP contribution is -2.11. The molecule has 0 aliphatic rings. The van der Waals surface area contributed by atoms with Gasteiger partial charge >= 0.3 is 10.1 Å². The standard InChI is InChI=1S/C23H17Br2NO4S/c1-15-3-9-20(10-4-15)31(27,28)30-23-21(25)12-16(13-22(23)29-2)11-18(14-26)17-5-7-19(24)8-6-17/h3-13H,1-2H3/b18-11+. The van der Waals surface area contributed by atoms with E-state index in [4.69, 9.17) is 8.92 Å². The minimum absolute atomic E-state index is 0.0300. The Bertz CT molecular complexity index is 1280. The highest BCUT2D eigenvalue weighted by Gasteiger charge is 2.22. The maximum Gasteiger partial charge on any atom is 0.339 e. The topological polar surface area (TPSA) is 76.4 Å². The van der Waals surface area contributed by atoms with E-state index in [2.05, 4.69) is 37.9 Å². The van der Waals surface area contributed by atoms with E-state index < -0.39 is 10.1 Å². The number of benzene rings is 3. The number of aryl methyl sites for hydroxylation is 1. The fourth-order valence-corrected chi connectivity index (χ4v) is 4.61. The molecular weight excluding hydrogens is 546 g/mol. The van der Waals surface area contributed by atoms with Crippen molar-refractivity contribution in [1.29, 1.82) is 5.26 Å². The lowest BCUT2D eigenvalue weighted by atomic mass is 10.0. The van der Waals surface area contributed by atoms with Crippen LogP contribution in [0.5, 0.6) is 11.5 Å². The van der Waals surface area contributed by atoms with Crippen molar-refractivity contribution in [2.24, 2.45) is 0 Å². The molecule has 3 aromatic carbocycles. The average molecular weight is 563 g/mol. The second-order valence-corrected chi connectivity index (χ2v) is 9.88. The normalized spacial score (nSPS) is 11.6. The highest BCUT2D eigenvalue weighted by molar-refractivity contribution is 9.10. The van der Waals surface area contributed by atoms with Gasteiger partial charge in [0.25, 0.3) is 0 Å². The van der Waals surface area contributed by atoms with Gasteiger partial charge in [-0.15, -0.1) is 0 Å². The molecule has 3 rings (SSSR count). The third-order valence-corrected chi connectivity index (χ3v) is 6.69. The van der Waals surface area contributed by atoms with Crippen LogP contribution in [0.4, 0.5) is 0 Å². The number of hydrogen-bond donors (Lipinski definition) is 0. The fraction of sp³-hybridized carbons (Fsp3) is 0.0870. The summed E-state index contributed by atoms with van der Waals surface area (Å²) in [5.74, 6) is 0.242. The molecule has 0 atom stereocenters. The molecule has 31 heavy (non-hydrogen) atoms. The largest absolute Gasteiger partial charge is 0.493 e. The molecule has 5 nitrogen and oxygen atoms in total. The first-order chi connectivity index (χ1) is 14.7. The van der Waals surface area contributed by atoms with E-state index in [0.717, 1.165) is 15.6 Å². The van der Waals surface area contributed by atoms with Crippen LogP contribution in [-0.4, -0.2) is 15.5 Å². The number of rotatable bonds is 6. The highest BCUT2D eigenvalue weighted by atomic mass is 79.9. The van der Waals surface area contributed by atoms with E-state index in [0.29, 0.717) is 15.6 Å². The van der Waals surface area contributed by atoms with Gasteiger partial charge in [-0.1, -0.05) is 45.8 Å². The first-order valence-corrected chi connectivity index (χ1v) is 12.0. The smallest absolute Gasteiger partial charge is 0.339 e. The molecule has 0 N–H and O–H groups in total. The summed E-state index contributed by atoms with van der Waals surface area (Å²) in [6.07, 6.45) is 1.69. The Morgan fingerprint density at radius 1 is 1.03 bits per heavy atom. The van der Waals surface area contributed by atoms with Crippen LogP contribution in [0, 0.1) is 18.3 Å². The Morgan fingerprint density at radius 3 is 2.26 bits per heavy atom. The molecule has 0 aliphatic carbocycles. The van der Waals surface area contributed by atoms with Gasteiger partial charge in [-0.2, -0.15) is 13.7 Å². The van der Waals surface area contributed by atoms with Gasteiger partial charge in [0.15, 0.2) is 11.5 Å². The molecule has 0 saturated carbocycles. The molecule has 3 aromatic rings. The first-order valence-electron chi connectivity index (χ1n) is 9.00. The molecule has 0 heterocycles. The van der Waals surface area contributed by atoms with Crippen LogP contribution in [-0.2, 0) is 10.1 Å². The van der Waals surface area contributed by atoms with E-state index in [1.807, 2.05) is 31.2 Å². The van der Waals surface area contributed by atoms with E-state index in [-0.39, 0.29) is 16.4 Å². The van der Waals surface area contributed by atoms with Crippen molar-refractivity contribution in [2.45, 2.75) is 11.8 Å². The van der Waals surface area contributed by atoms with Crippen molar-refractivity contribution < 1.29 is 17.3 Å². The van der Waals surface area contributed by atoms with Crippen LogP contribution in [0.2, 0.25) is 0 Å². The van der Waals surface area contributed by atoms with Gasteiger partial charge in [-0.25, -0.2) is 0 Å². The number of methoxy groups -OCH3 is 1. The van der Waals surface area contributed by atoms with E-state index in [1.54, 1.807) is 30.3 Å². The zero-order valence-corrected chi connectivity index (χ0v) is 20.6. The van der Waals surface area contributed by atoms with Crippen molar-refractivity contribution in [3.8, 4) is 17.6 Å². The minimum Gasteiger partial charge on any atom is -0.493 e. The molecule has 0 aliphatic heterocycles. The van der Waals surface area contributed by atoms with E-state index in [9.17, 15) is 13.7 Å². The number of nitrogens with zero attached hydrogens (tertiary/aromatic N) is 1. The summed E-state index contributed by atoms with van der Waals surface area (Å²) in [5, 5.41) is 9.58. The molecule has 0 aromatic heterocycles. The lowest BCUT2D eigenvalue weighted by Gasteiger charge is -2.14. The van der Waals surface area contributed by atoms with Gasteiger partial charge in [0, 0.05) is 4.47 Å². The van der Waals surface area contributed by atoms with Gasteiger partial charge < -0.3 is 8.92 Å². The predicted molar refractivity (Wildman–Crippen MR) is 127 cm³/mol.